The molecule has 1 aliphatic heterocycles. The Hall–Kier alpha value is -1.59. The molecule has 1 saturated heterocycles. The molecule has 0 bridgehead atoms. The van der Waals surface area contributed by atoms with Gasteiger partial charge in [0.15, 0.2) is 0 Å². The lowest BCUT2D eigenvalue weighted by Crippen LogP contribution is -2.46. The maximum Gasteiger partial charge on any atom is 0.325 e. The summed E-state index contributed by atoms with van der Waals surface area (Å²) in [5.41, 5.74) is 0. The number of rotatable bonds is 6. The van der Waals surface area contributed by atoms with Crippen LogP contribution in [0.5, 0.6) is 11.5 Å². The Morgan fingerprint density at radius 1 is 1.33 bits per heavy atom. The average Bonchev–Trinajstić information content (AvgIpc) is 2.50. The van der Waals surface area contributed by atoms with Crippen LogP contribution >= 0.6 is 0 Å². The van der Waals surface area contributed by atoms with Crippen LogP contribution in [0.25, 0.3) is 0 Å². The Balaban J connectivity index is 1.80. The van der Waals surface area contributed by atoms with Crippen molar-refractivity contribution >= 4 is 5.97 Å². The molecule has 1 unspecified atom stereocenters. The highest BCUT2D eigenvalue weighted by molar-refractivity contribution is 5.74. The van der Waals surface area contributed by atoms with Crippen molar-refractivity contribution in [1.82, 2.24) is 10.2 Å². The SMILES string of the molecule is CCOc1ccc(OC(=O)CN(C)C2CCCNC2)cc1. The van der Waals surface area contributed by atoms with Gasteiger partial charge in [-0.25, -0.2) is 0 Å². The summed E-state index contributed by atoms with van der Waals surface area (Å²) in [4.78, 5) is 14.0. The number of carbonyl (C=O) groups excluding carboxylic acids is 1. The number of hydrogen-bond donors (Lipinski definition) is 1. The van der Waals surface area contributed by atoms with E-state index in [2.05, 4.69) is 10.2 Å². The molecule has 21 heavy (non-hydrogen) atoms. The smallest absolute Gasteiger partial charge is 0.325 e. The third-order valence-corrected chi connectivity index (χ3v) is 3.64. The predicted octanol–water partition coefficient (Wildman–Crippen LogP) is 1.67. The van der Waals surface area contributed by atoms with Crippen LogP contribution in [-0.4, -0.2) is 50.2 Å². The van der Waals surface area contributed by atoms with Gasteiger partial charge in [-0.1, -0.05) is 0 Å². The van der Waals surface area contributed by atoms with Crippen molar-refractivity contribution in [2.45, 2.75) is 25.8 Å². The molecule has 1 fully saturated rings. The third kappa shape index (κ3) is 5.02. The average molecular weight is 292 g/mol. The molecule has 1 heterocycles. The van der Waals surface area contributed by atoms with E-state index in [0.717, 1.165) is 31.7 Å². The number of benzene rings is 1. The number of ether oxygens (including phenoxy) is 2. The van der Waals surface area contributed by atoms with Crippen LogP contribution in [-0.2, 0) is 4.79 Å². The first-order valence-corrected chi connectivity index (χ1v) is 7.53. The van der Waals surface area contributed by atoms with E-state index in [4.69, 9.17) is 9.47 Å². The van der Waals surface area contributed by atoms with Crippen LogP contribution in [0.15, 0.2) is 24.3 Å². The fraction of sp³-hybridized carbons (Fsp3) is 0.562. The fourth-order valence-electron chi connectivity index (χ4n) is 2.48. The lowest BCUT2D eigenvalue weighted by atomic mass is 10.1. The molecule has 5 heteroatoms. The molecule has 5 nitrogen and oxygen atoms in total. The molecular weight excluding hydrogens is 268 g/mol. The first-order chi connectivity index (χ1) is 10.2. The minimum atomic E-state index is -0.229. The Kier molecular flexibility index (Phi) is 6.02. The van der Waals surface area contributed by atoms with Crippen molar-refractivity contribution in [2.75, 3.05) is 33.3 Å². The number of nitrogens with zero attached hydrogens (tertiary/aromatic N) is 1. The molecule has 0 amide bonds. The minimum absolute atomic E-state index is 0.229. The van der Waals surface area contributed by atoms with Crippen molar-refractivity contribution in [2.24, 2.45) is 0 Å². The third-order valence-electron chi connectivity index (χ3n) is 3.64. The molecule has 0 aromatic heterocycles. The summed E-state index contributed by atoms with van der Waals surface area (Å²) in [6, 6.07) is 7.53. The highest BCUT2D eigenvalue weighted by atomic mass is 16.5. The van der Waals surface area contributed by atoms with Gasteiger partial charge >= 0.3 is 5.97 Å². The summed E-state index contributed by atoms with van der Waals surface area (Å²) in [7, 11) is 1.97. The van der Waals surface area contributed by atoms with E-state index in [1.165, 1.54) is 0 Å². The lowest BCUT2D eigenvalue weighted by molar-refractivity contribution is -0.135. The Morgan fingerprint density at radius 2 is 2.05 bits per heavy atom. The van der Waals surface area contributed by atoms with E-state index >= 15 is 0 Å². The van der Waals surface area contributed by atoms with E-state index < -0.39 is 0 Å². The number of carbonyl (C=O) groups is 1. The predicted molar refractivity (Wildman–Crippen MR) is 81.8 cm³/mol. The van der Waals surface area contributed by atoms with Gasteiger partial charge in [0, 0.05) is 12.6 Å². The van der Waals surface area contributed by atoms with Crippen molar-refractivity contribution < 1.29 is 14.3 Å². The minimum Gasteiger partial charge on any atom is -0.494 e. The first-order valence-electron chi connectivity index (χ1n) is 7.53. The van der Waals surface area contributed by atoms with E-state index in [-0.39, 0.29) is 5.97 Å². The van der Waals surface area contributed by atoms with Gasteiger partial charge in [0.2, 0.25) is 0 Å². The molecule has 1 aromatic rings. The van der Waals surface area contributed by atoms with Gasteiger partial charge in [0.05, 0.1) is 13.2 Å². The summed E-state index contributed by atoms with van der Waals surface area (Å²) in [6.07, 6.45) is 2.28. The van der Waals surface area contributed by atoms with Gasteiger partial charge in [-0.15, -0.1) is 0 Å². The van der Waals surface area contributed by atoms with E-state index in [0.29, 0.717) is 24.9 Å². The Labute approximate surface area is 126 Å². The maximum atomic E-state index is 12.0. The van der Waals surface area contributed by atoms with E-state index in [9.17, 15) is 4.79 Å². The molecule has 0 aliphatic carbocycles. The molecule has 1 aromatic carbocycles. The molecule has 0 radical (unpaired) electrons. The highest BCUT2D eigenvalue weighted by Gasteiger charge is 2.20. The van der Waals surface area contributed by atoms with Crippen molar-refractivity contribution in [3.8, 4) is 11.5 Å². The summed E-state index contributed by atoms with van der Waals surface area (Å²) >= 11 is 0. The molecule has 2 rings (SSSR count). The topological polar surface area (TPSA) is 50.8 Å². The van der Waals surface area contributed by atoms with Crippen LogP contribution in [0.1, 0.15) is 19.8 Å². The van der Waals surface area contributed by atoms with Crippen LogP contribution in [0.2, 0.25) is 0 Å². The van der Waals surface area contributed by atoms with Crippen LogP contribution < -0.4 is 14.8 Å². The monoisotopic (exact) mass is 292 g/mol. The quantitative estimate of drug-likeness (QED) is 0.638. The number of likely N-dealkylation sites (N-methyl/N-ethyl adjacent to an activating group) is 1. The van der Waals surface area contributed by atoms with Gasteiger partial charge in [0.25, 0.3) is 0 Å². The van der Waals surface area contributed by atoms with Crippen molar-refractivity contribution in [3.05, 3.63) is 24.3 Å². The largest absolute Gasteiger partial charge is 0.494 e. The zero-order valence-corrected chi connectivity index (χ0v) is 12.8. The second-order valence-electron chi connectivity index (χ2n) is 5.29. The fourth-order valence-corrected chi connectivity index (χ4v) is 2.48. The van der Waals surface area contributed by atoms with Gasteiger partial charge in [-0.3, -0.25) is 9.69 Å². The summed E-state index contributed by atoms with van der Waals surface area (Å²) in [5, 5.41) is 3.35. The zero-order chi connectivity index (χ0) is 15.1. The van der Waals surface area contributed by atoms with Gasteiger partial charge in [-0.2, -0.15) is 0 Å². The highest BCUT2D eigenvalue weighted by Crippen LogP contribution is 2.18. The second-order valence-corrected chi connectivity index (χ2v) is 5.29. The second kappa shape index (κ2) is 8.00. The summed E-state index contributed by atoms with van der Waals surface area (Å²) < 4.78 is 10.7. The Bertz CT molecular complexity index is 441. The number of hydrogen-bond acceptors (Lipinski definition) is 5. The molecule has 116 valence electrons. The van der Waals surface area contributed by atoms with Gasteiger partial charge < -0.3 is 14.8 Å². The summed E-state index contributed by atoms with van der Waals surface area (Å²) in [5.74, 6) is 1.11. The molecular formula is C16H24N2O3. The zero-order valence-electron chi connectivity index (χ0n) is 12.8. The number of nitrogens with one attached hydrogen (secondary N) is 1. The van der Waals surface area contributed by atoms with Gasteiger partial charge in [0.1, 0.15) is 11.5 Å². The normalized spacial score (nSPS) is 18.5. The number of piperidine rings is 1. The molecule has 1 aliphatic rings. The van der Waals surface area contributed by atoms with Crippen molar-refractivity contribution in [1.29, 1.82) is 0 Å². The standard InChI is InChI=1S/C16H24N2O3/c1-3-20-14-6-8-15(9-7-14)21-16(19)12-18(2)13-5-4-10-17-11-13/h6-9,13,17H,3-5,10-12H2,1-2H3. The maximum absolute atomic E-state index is 12.0. The molecule has 1 N–H and O–H groups in total. The first kappa shape index (κ1) is 15.8. The Morgan fingerprint density at radius 3 is 2.67 bits per heavy atom. The van der Waals surface area contributed by atoms with Gasteiger partial charge in [-0.05, 0) is 57.6 Å². The van der Waals surface area contributed by atoms with Crippen molar-refractivity contribution in [3.63, 3.8) is 0 Å². The van der Waals surface area contributed by atoms with Crippen LogP contribution in [0, 0.1) is 0 Å². The van der Waals surface area contributed by atoms with E-state index in [1.807, 2.05) is 14.0 Å². The lowest BCUT2D eigenvalue weighted by Gasteiger charge is -2.30. The van der Waals surface area contributed by atoms with Crippen LogP contribution in [0.4, 0.5) is 0 Å². The molecule has 0 saturated carbocycles. The number of esters is 1. The molecule has 1 atom stereocenters. The van der Waals surface area contributed by atoms with Crippen LogP contribution in [0.3, 0.4) is 0 Å². The summed E-state index contributed by atoms with van der Waals surface area (Å²) in [6.45, 7) is 4.87. The van der Waals surface area contributed by atoms with E-state index in [1.54, 1.807) is 24.3 Å². The molecule has 0 spiro atoms.